The van der Waals surface area contributed by atoms with E-state index in [0.717, 1.165) is 13.0 Å². The highest BCUT2D eigenvalue weighted by Gasteiger charge is 2.28. The van der Waals surface area contributed by atoms with Gasteiger partial charge in [0.15, 0.2) is 0 Å². The number of amides is 2. The maximum absolute atomic E-state index is 11.8. The monoisotopic (exact) mass is 315 g/mol. The number of alkyl carbamates (subject to hydrolysis) is 1. The number of hydrogen-bond acceptors (Lipinski definition) is 5. The van der Waals surface area contributed by atoms with Crippen LogP contribution in [0.1, 0.15) is 34.1 Å². The second kappa shape index (κ2) is 8.33. The van der Waals surface area contributed by atoms with Gasteiger partial charge in [0.2, 0.25) is 5.91 Å². The van der Waals surface area contributed by atoms with Crippen molar-refractivity contribution in [2.75, 3.05) is 33.3 Å². The van der Waals surface area contributed by atoms with Crippen molar-refractivity contribution in [1.82, 2.24) is 15.5 Å². The molecule has 2 unspecified atom stereocenters. The Hall–Kier alpha value is -1.34. The van der Waals surface area contributed by atoms with Crippen LogP contribution < -0.4 is 10.6 Å². The second-order valence-electron chi connectivity index (χ2n) is 6.48. The van der Waals surface area contributed by atoms with Gasteiger partial charge in [-0.05, 0) is 27.2 Å². The number of nitrogens with zero attached hydrogens (tertiary/aromatic N) is 1. The maximum Gasteiger partial charge on any atom is 0.407 e. The van der Waals surface area contributed by atoms with Crippen LogP contribution >= 0.6 is 0 Å². The molecule has 7 heteroatoms. The molecule has 0 aromatic rings. The summed E-state index contributed by atoms with van der Waals surface area (Å²) in [5.41, 5.74) is -0.508. The van der Waals surface area contributed by atoms with E-state index in [0.29, 0.717) is 19.7 Å². The third-order valence-electron chi connectivity index (χ3n) is 3.38. The minimum atomic E-state index is -0.508. The van der Waals surface area contributed by atoms with E-state index < -0.39 is 17.8 Å². The van der Waals surface area contributed by atoms with Crippen molar-refractivity contribution in [3.63, 3.8) is 0 Å². The van der Waals surface area contributed by atoms with Gasteiger partial charge < -0.3 is 20.1 Å². The van der Waals surface area contributed by atoms with E-state index in [-0.39, 0.29) is 11.9 Å². The van der Waals surface area contributed by atoms with Gasteiger partial charge >= 0.3 is 6.09 Å². The SMILES string of the molecule is CCC(CN1CCOC(C(=O)NC)C1)NC(=O)OC(C)(C)C. The Morgan fingerprint density at radius 2 is 2.09 bits per heavy atom. The van der Waals surface area contributed by atoms with Crippen molar-refractivity contribution in [1.29, 1.82) is 0 Å². The van der Waals surface area contributed by atoms with Gasteiger partial charge in [-0.2, -0.15) is 0 Å². The number of nitrogens with one attached hydrogen (secondary N) is 2. The van der Waals surface area contributed by atoms with Crippen LogP contribution in [0.3, 0.4) is 0 Å². The van der Waals surface area contributed by atoms with Gasteiger partial charge in [0.05, 0.1) is 6.61 Å². The van der Waals surface area contributed by atoms with Crippen LogP contribution in [0.5, 0.6) is 0 Å². The Morgan fingerprint density at radius 3 is 2.64 bits per heavy atom. The van der Waals surface area contributed by atoms with Crippen molar-refractivity contribution in [3.05, 3.63) is 0 Å². The Bertz CT molecular complexity index is 381. The first-order chi connectivity index (χ1) is 10.2. The van der Waals surface area contributed by atoms with Gasteiger partial charge in [-0.3, -0.25) is 9.69 Å². The summed E-state index contributed by atoms with van der Waals surface area (Å²) in [6, 6.07) is -0.0155. The van der Waals surface area contributed by atoms with Crippen LogP contribution in [0.4, 0.5) is 4.79 Å². The third kappa shape index (κ3) is 6.62. The molecular formula is C15H29N3O4. The molecule has 1 aliphatic rings. The molecule has 1 fully saturated rings. The van der Waals surface area contributed by atoms with Gasteiger partial charge in [0, 0.05) is 32.7 Å². The van der Waals surface area contributed by atoms with Crippen LogP contribution in [0.15, 0.2) is 0 Å². The molecule has 2 amide bonds. The Kier molecular flexibility index (Phi) is 7.09. The number of ether oxygens (including phenoxy) is 2. The van der Waals surface area contributed by atoms with Crippen molar-refractivity contribution in [2.24, 2.45) is 0 Å². The predicted molar refractivity (Wildman–Crippen MR) is 83.7 cm³/mol. The highest BCUT2D eigenvalue weighted by Crippen LogP contribution is 2.09. The molecule has 0 radical (unpaired) electrons. The molecule has 22 heavy (non-hydrogen) atoms. The average molecular weight is 315 g/mol. The summed E-state index contributed by atoms with van der Waals surface area (Å²) in [7, 11) is 1.60. The van der Waals surface area contributed by atoms with E-state index in [1.54, 1.807) is 7.05 Å². The van der Waals surface area contributed by atoms with Gasteiger partial charge in [0.25, 0.3) is 0 Å². The molecule has 7 nitrogen and oxygen atoms in total. The van der Waals surface area contributed by atoms with Gasteiger partial charge in [-0.25, -0.2) is 4.79 Å². The fourth-order valence-electron chi connectivity index (χ4n) is 2.25. The Morgan fingerprint density at radius 1 is 1.41 bits per heavy atom. The topological polar surface area (TPSA) is 79.9 Å². The molecule has 2 atom stereocenters. The van der Waals surface area contributed by atoms with Crippen molar-refractivity contribution >= 4 is 12.0 Å². The van der Waals surface area contributed by atoms with Crippen molar-refractivity contribution in [2.45, 2.75) is 51.9 Å². The predicted octanol–water partition coefficient (Wildman–Crippen LogP) is 0.737. The molecule has 0 aromatic carbocycles. The number of carbonyl (C=O) groups is 2. The standard InChI is InChI=1S/C15H29N3O4/c1-6-11(17-14(20)22-15(2,3)4)9-18-7-8-21-12(10-18)13(19)16-5/h11-12H,6-10H2,1-5H3,(H,16,19)(H,17,20). The smallest absolute Gasteiger partial charge is 0.407 e. The van der Waals surface area contributed by atoms with Crippen molar-refractivity contribution in [3.8, 4) is 0 Å². The van der Waals surface area contributed by atoms with Crippen LogP contribution in [0, 0.1) is 0 Å². The first kappa shape index (κ1) is 18.7. The number of rotatable bonds is 5. The number of hydrogen-bond donors (Lipinski definition) is 2. The second-order valence-corrected chi connectivity index (χ2v) is 6.48. The summed E-state index contributed by atoms with van der Waals surface area (Å²) in [6.07, 6.45) is -0.0606. The highest BCUT2D eigenvalue weighted by atomic mass is 16.6. The van der Waals surface area contributed by atoms with Crippen LogP contribution in [-0.4, -0.2) is 67.9 Å². The fraction of sp³-hybridized carbons (Fsp3) is 0.867. The molecule has 128 valence electrons. The Labute approximate surface area is 132 Å². The highest BCUT2D eigenvalue weighted by molar-refractivity contribution is 5.80. The molecule has 1 aliphatic heterocycles. The summed E-state index contributed by atoms with van der Waals surface area (Å²) < 4.78 is 10.7. The molecule has 1 rings (SSSR count). The van der Waals surface area contributed by atoms with Crippen molar-refractivity contribution < 1.29 is 19.1 Å². The average Bonchev–Trinajstić information content (AvgIpc) is 2.44. The lowest BCUT2D eigenvalue weighted by atomic mass is 10.1. The first-order valence-corrected chi connectivity index (χ1v) is 7.80. The Balaban J connectivity index is 2.48. The van der Waals surface area contributed by atoms with Gasteiger partial charge in [-0.1, -0.05) is 6.92 Å². The first-order valence-electron chi connectivity index (χ1n) is 7.80. The summed E-state index contributed by atoms with van der Waals surface area (Å²) in [5.74, 6) is -0.113. The van der Waals surface area contributed by atoms with E-state index in [9.17, 15) is 9.59 Å². The van der Waals surface area contributed by atoms with E-state index in [4.69, 9.17) is 9.47 Å². The molecule has 1 saturated heterocycles. The van der Waals surface area contributed by atoms with Crippen LogP contribution in [0.2, 0.25) is 0 Å². The van der Waals surface area contributed by atoms with Crippen LogP contribution in [0.25, 0.3) is 0 Å². The van der Waals surface area contributed by atoms with Crippen LogP contribution in [-0.2, 0) is 14.3 Å². The lowest BCUT2D eigenvalue weighted by Crippen LogP contribution is -2.53. The van der Waals surface area contributed by atoms with E-state index in [2.05, 4.69) is 15.5 Å². The fourth-order valence-corrected chi connectivity index (χ4v) is 2.25. The van der Waals surface area contributed by atoms with Gasteiger partial charge in [0.1, 0.15) is 11.7 Å². The third-order valence-corrected chi connectivity index (χ3v) is 3.38. The number of carbonyl (C=O) groups excluding carboxylic acids is 2. The molecule has 0 saturated carbocycles. The molecule has 2 N–H and O–H groups in total. The lowest BCUT2D eigenvalue weighted by Gasteiger charge is -2.34. The minimum absolute atomic E-state index is 0.0155. The van der Waals surface area contributed by atoms with E-state index in [1.165, 1.54) is 0 Å². The molecular weight excluding hydrogens is 286 g/mol. The largest absolute Gasteiger partial charge is 0.444 e. The quantitative estimate of drug-likeness (QED) is 0.782. The summed E-state index contributed by atoms with van der Waals surface area (Å²) in [5, 5.41) is 5.48. The minimum Gasteiger partial charge on any atom is -0.444 e. The van der Waals surface area contributed by atoms with Gasteiger partial charge in [-0.15, -0.1) is 0 Å². The number of likely N-dealkylation sites (N-methyl/N-ethyl adjacent to an activating group) is 1. The zero-order chi connectivity index (χ0) is 16.8. The molecule has 0 aromatic heterocycles. The summed E-state index contributed by atoms with van der Waals surface area (Å²) in [4.78, 5) is 25.6. The zero-order valence-electron chi connectivity index (χ0n) is 14.3. The molecule has 0 spiro atoms. The normalized spacial score (nSPS) is 21.0. The summed E-state index contributed by atoms with van der Waals surface area (Å²) in [6.45, 7) is 9.99. The molecule has 0 aliphatic carbocycles. The van der Waals surface area contributed by atoms with E-state index >= 15 is 0 Å². The lowest BCUT2D eigenvalue weighted by molar-refractivity contribution is -0.138. The molecule has 0 bridgehead atoms. The van der Waals surface area contributed by atoms with E-state index in [1.807, 2.05) is 27.7 Å². The molecule has 1 heterocycles. The summed E-state index contributed by atoms with van der Waals surface area (Å²) >= 11 is 0. The zero-order valence-corrected chi connectivity index (χ0v) is 14.3. The number of morpholine rings is 1. The maximum atomic E-state index is 11.8.